The van der Waals surface area contributed by atoms with Crippen molar-refractivity contribution in [3.8, 4) is 5.75 Å². The normalized spacial score (nSPS) is 20.5. The number of piperazine rings is 1. The number of rotatable bonds is 5. The second-order valence-corrected chi connectivity index (χ2v) is 12.2. The second kappa shape index (κ2) is 9.88. The first-order valence-electron chi connectivity index (χ1n) is 12.2. The SMILES string of the molecule is CC1Cc2nc(C(=O)N3CCN(S(=O)(=O)c4[nH]c5ccc(Cl)cc5c4O)CC3CC(=O)N(C)C)oc2CN1. The average molecular weight is 565 g/mol. The van der Waals surface area contributed by atoms with E-state index in [0.29, 0.717) is 29.3 Å². The minimum atomic E-state index is -4.20. The number of hydrogen-bond acceptors (Lipinski definition) is 8. The van der Waals surface area contributed by atoms with Gasteiger partial charge in [0.05, 0.1) is 23.8 Å². The highest BCUT2D eigenvalue weighted by atomic mass is 35.5. The van der Waals surface area contributed by atoms with E-state index in [1.165, 1.54) is 20.2 Å². The molecule has 3 aromatic rings. The molecule has 2 aliphatic rings. The molecule has 0 saturated carbocycles. The van der Waals surface area contributed by atoms with Gasteiger partial charge in [-0.3, -0.25) is 9.59 Å². The van der Waals surface area contributed by atoms with E-state index >= 15 is 0 Å². The van der Waals surface area contributed by atoms with Gasteiger partial charge in [0.2, 0.25) is 5.91 Å². The Bertz CT molecular complexity index is 1520. The average Bonchev–Trinajstić information content (AvgIpc) is 3.44. The molecule has 0 bridgehead atoms. The van der Waals surface area contributed by atoms with Crippen LogP contribution in [0.15, 0.2) is 27.6 Å². The minimum Gasteiger partial charge on any atom is -0.504 e. The van der Waals surface area contributed by atoms with Crippen molar-refractivity contribution in [2.24, 2.45) is 0 Å². The van der Waals surface area contributed by atoms with Crippen molar-refractivity contribution in [2.45, 2.75) is 43.4 Å². The highest BCUT2D eigenvalue weighted by Crippen LogP contribution is 2.36. The number of amides is 2. The van der Waals surface area contributed by atoms with E-state index in [1.807, 2.05) is 6.92 Å². The number of carbonyl (C=O) groups excluding carboxylic acids is 2. The fourth-order valence-corrected chi connectivity index (χ4v) is 6.55. The van der Waals surface area contributed by atoms with Crippen molar-refractivity contribution < 1.29 is 27.5 Å². The third-order valence-electron chi connectivity index (χ3n) is 6.99. The number of H-pyrrole nitrogens is 1. The summed E-state index contributed by atoms with van der Waals surface area (Å²) >= 11 is 6.02. The van der Waals surface area contributed by atoms with Crippen LogP contribution in [0.1, 0.15) is 35.5 Å². The molecule has 1 saturated heterocycles. The summed E-state index contributed by atoms with van der Waals surface area (Å²) in [4.78, 5) is 36.2. The Hall–Kier alpha value is -3.13. The first-order valence-corrected chi connectivity index (χ1v) is 14.0. The van der Waals surface area contributed by atoms with Crippen molar-refractivity contribution >= 4 is 44.3 Å². The number of nitrogens with zero attached hydrogens (tertiary/aromatic N) is 4. The quantitative estimate of drug-likeness (QED) is 0.422. The van der Waals surface area contributed by atoms with Crippen LogP contribution in [0.3, 0.4) is 0 Å². The molecule has 5 rings (SSSR count). The van der Waals surface area contributed by atoms with Crippen LogP contribution in [0.25, 0.3) is 10.9 Å². The summed E-state index contributed by atoms with van der Waals surface area (Å²) < 4.78 is 34.1. The zero-order valence-electron chi connectivity index (χ0n) is 21.2. The van der Waals surface area contributed by atoms with Crippen molar-refractivity contribution in [3.05, 3.63) is 40.6 Å². The number of nitrogens with one attached hydrogen (secondary N) is 2. The number of aromatic amines is 1. The fourth-order valence-electron chi connectivity index (χ4n) is 4.84. The summed E-state index contributed by atoms with van der Waals surface area (Å²) in [5.41, 5.74) is 1.13. The minimum absolute atomic E-state index is 0.0119. The molecule has 38 heavy (non-hydrogen) atoms. The molecule has 2 atom stereocenters. The third-order valence-corrected chi connectivity index (χ3v) is 9.04. The Morgan fingerprint density at radius 3 is 2.79 bits per heavy atom. The number of aromatic nitrogens is 2. The predicted octanol–water partition coefficient (Wildman–Crippen LogP) is 1.54. The van der Waals surface area contributed by atoms with Crippen molar-refractivity contribution in [2.75, 3.05) is 33.7 Å². The molecule has 204 valence electrons. The van der Waals surface area contributed by atoms with Crippen LogP contribution in [0, 0.1) is 0 Å². The number of hydrogen-bond donors (Lipinski definition) is 3. The van der Waals surface area contributed by atoms with E-state index in [9.17, 15) is 23.1 Å². The Labute approximate surface area is 224 Å². The summed E-state index contributed by atoms with van der Waals surface area (Å²) in [5, 5.41) is 14.2. The first kappa shape index (κ1) is 26.5. The molecule has 1 fully saturated rings. The van der Waals surface area contributed by atoms with E-state index < -0.39 is 27.7 Å². The molecule has 3 N–H and O–H groups in total. The number of aromatic hydroxyl groups is 1. The molecule has 2 aliphatic heterocycles. The van der Waals surface area contributed by atoms with Gasteiger partial charge in [-0.05, 0) is 25.1 Å². The molecule has 2 unspecified atom stereocenters. The van der Waals surface area contributed by atoms with Gasteiger partial charge >= 0.3 is 5.91 Å². The van der Waals surface area contributed by atoms with Gasteiger partial charge in [0.15, 0.2) is 10.8 Å². The smallest absolute Gasteiger partial charge is 0.310 e. The van der Waals surface area contributed by atoms with E-state index in [-0.39, 0.29) is 54.3 Å². The van der Waals surface area contributed by atoms with E-state index in [1.54, 1.807) is 26.2 Å². The monoisotopic (exact) mass is 564 g/mol. The van der Waals surface area contributed by atoms with Crippen molar-refractivity contribution in [1.82, 2.24) is 29.4 Å². The lowest BCUT2D eigenvalue weighted by atomic mass is 10.1. The Balaban J connectivity index is 1.44. The predicted molar refractivity (Wildman–Crippen MR) is 138 cm³/mol. The number of fused-ring (bicyclic) bond motifs is 2. The summed E-state index contributed by atoms with van der Waals surface area (Å²) in [7, 11) is -1.02. The molecular weight excluding hydrogens is 536 g/mol. The van der Waals surface area contributed by atoms with Crippen LogP contribution < -0.4 is 5.32 Å². The molecule has 0 aliphatic carbocycles. The van der Waals surface area contributed by atoms with E-state index in [4.69, 9.17) is 16.0 Å². The molecule has 1 aromatic carbocycles. The van der Waals surface area contributed by atoms with Gasteiger partial charge in [-0.2, -0.15) is 4.31 Å². The lowest BCUT2D eigenvalue weighted by Gasteiger charge is -2.40. The van der Waals surface area contributed by atoms with Crippen LogP contribution in [0.2, 0.25) is 5.02 Å². The Kier molecular flexibility index (Phi) is 6.88. The zero-order valence-corrected chi connectivity index (χ0v) is 22.8. The standard InChI is InChI=1S/C24H29ClN6O6S/c1-13-8-18-19(11-26-13)37-22(27-18)24(34)31-7-6-30(12-15(31)10-20(32)29(2)3)38(35,36)23-21(33)16-9-14(25)4-5-17(16)28-23/h4-5,9,13,15,26,28,33H,6-8,10-12H2,1-3H3. The van der Waals surface area contributed by atoms with E-state index in [2.05, 4.69) is 15.3 Å². The van der Waals surface area contributed by atoms with Gasteiger partial charge in [-0.1, -0.05) is 11.6 Å². The molecule has 2 amide bonds. The Morgan fingerprint density at radius 1 is 1.29 bits per heavy atom. The maximum Gasteiger partial charge on any atom is 0.310 e. The highest BCUT2D eigenvalue weighted by Gasteiger charge is 2.41. The van der Waals surface area contributed by atoms with Gasteiger partial charge in [0.25, 0.3) is 15.9 Å². The highest BCUT2D eigenvalue weighted by molar-refractivity contribution is 7.89. The van der Waals surface area contributed by atoms with Crippen molar-refractivity contribution in [1.29, 1.82) is 0 Å². The van der Waals surface area contributed by atoms with Crippen LogP contribution in [0.5, 0.6) is 5.75 Å². The number of halogens is 1. The van der Waals surface area contributed by atoms with Crippen molar-refractivity contribution in [3.63, 3.8) is 0 Å². The summed E-state index contributed by atoms with van der Waals surface area (Å²) in [6, 6.07) is 4.07. The van der Waals surface area contributed by atoms with Gasteiger partial charge in [-0.25, -0.2) is 13.4 Å². The molecular formula is C24H29ClN6O6S. The first-order chi connectivity index (χ1) is 18.0. The second-order valence-electron chi connectivity index (χ2n) is 9.88. The summed E-state index contributed by atoms with van der Waals surface area (Å²) in [6.07, 6.45) is 0.526. The molecule has 12 nitrogen and oxygen atoms in total. The van der Waals surface area contributed by atoms with Crippen LogP contribution in [-0.2, 0) is 27.8 Å². The number of oxazole rings is 1. The van der Waals surface area contributed by atoms with Gasteiger partial charge in [-0.15, -0.1) is 0 Å². The van der Waals surface area contributed by atoms with Crippen LogP contribution >= 0.6 is 11.6 Å². The third kappa shape index (κ3) is 4.75. The lowest BCUT2D eigenvalue weighted by Crippen LogP contribution is -2.57. The summed E-state index contributed by atoms with van der Waals surface area (Å²) in [5.74, 6) is -0.670. The Morgan fingerprint density at radius 2 is 2.05 bits per heavy atom. The van der Waals surface area contributed by atoms with Crippen LogP contribution in [0.4, 0.5) is 0 Å². The van der Waals surface area contributed by atoms with Gasteiger partial charge < -0.3 is 29.6 Å². The zero-order chi connectivity index (χ0) is 27.4. The molecule has 4 heterocycles. The number of benzene rings is 1. The number of sulfonamides is 1. The molecule has 0 radical (unpaired) electrons. The lowest BCUT2D eigenvalue weighted by molar-refractivity contribution is -0.130. The maximum atomic E-state index is 13.6. The molecule has 14 heteroatoms. The maximum absolute atomic E-state index is 13.6. The molecule has 0 spiro atoms. The van der Waals surface area contributed by atoms with Gasteiger partial charge in [0.1, 0.15) is 5.76 Å². The topological polar surface area (TPSA) is 152 Å². The largest absolute Gasteiger partial charge is 0.504 e. The van der Waals surface area contributed by atoms with Gasteiger partial charge in [0, 0.05) is 63.0 Å². The van der Waals surface area contributed by atoms with E-state index in [0.717, 1.165) is 5.69 Å². The van der Waals surface area contributed by atoms with Crippen LogP contribution in [-0.4, -0.2) is 95.2 Å². The molecule has 2 aromatic heterocycles. The summed E-state index contributed by atoms with van der Waals surface area (Å²) in [6.45, 7) is 2.29. The fraction of sp³-hybridized carbons (Fsp3) is 0.458. The number of carbonyl (C=O) groups is 2.